The average molecular weight is 177 g/mol. The van der Waals surface area contributed by atoms with Crippen LogP contribution in [0.4, 0.5) is 12.9 Å². The molecule has 0 aromatic carbocycles. The fourth-order valence-corrected chi connectivity index (χ4v) is 0.777. The van der Waals surface area contributed by atoms with E-state index in [1.807, 2.05) is 0 Å². The lowest BCUT2D eigenvalue weighted by molar-refractivity contribution is 0.535. The number of halogens is 3. The Labute approximate surface area is 70.4 Å². The van der Waals surface area contributed by atoms with Crippen molar-refractivity contribution in [3.8, 4) is 0 Å². The Morgan fingerprint density at radius 2 is 1.58 bits per heavy atom. The van der Waals surface area contributed by atoms with Crippen molar-refractivity contribution in [2.24, 2.45) is 0 Å². The SMILES string of the molecule is CCCn1cccc1.FB(F)F. The van der Waals surface area contributed by atoms with Crippen molar-refractivity contribution in [2.75, 3.05) is 0 Å². The minimum Gasteiger partial charge on any atom is -0.354 e. The summed E-state index contributed by atoms with van der Waals surface area (Å²) in [6.45, 7) is 3.33. The van der Waals surface area contributed by atoms with Crippen molar-refractivity contribution in [1.29, 1.82) is 0 Å². The molecule has 0 saturated heterocycles. The lowest BCUT2D eigenvalue weighted by Crippen LogP contribution is -1.89. The quantitative estimate of drug-likeness (QED) is 0.612. The van der Waals surface area contributed by atoms with Gasteiger partial charge in [0.2, 0.25) is 0 Å². The van der Waals surface area contributed by atoms with Crippen molar-refractivity contribution < 1.29 is 12.9 Å². The molecule has 0 aliphatic carbocycles. The molecule has 0 aliphatic rings. The van der Waals surface area contributed by atoms with E-state index in [-0.39, 0.29) is 0 Å². The number of hydrogen-bond donors (Lipinski definition) is 0. The highest BCUT2D eigenvalue weighted by molar-refractivity contribution is 6.33. The molecule has 12 heavy (non-hydrogen) atoms. The van der Waals surface area contributed by atoms with Crippen molar-refractivity contribution in [2.45, 2.75) is 19.9 Å². The summed E-state index contributed by atoms with van der Waals surface area (Å²) in [5, 5.41) is 0. The summed E-state index contributed by atoms with van der Waals surface area (Å²) in [5.74, 6) is 0. The molecule has 0 radical (unpaired) electrons. The third kappa shape index (κ3) is 7.24. The highest BCUT2D eigenvalue weighted by atomic mass is 19.4. The minimum atomic E-state index is -3.67. The van der Waals surface area contributed by atoms with Gasteiger partial charge in [0.15, 0.2) is 0 Å². The van der Waals surface area contributed by atoms with E-state index in [0.29, 0.717) is 0 Å². The molecule has 1 nitrogen and oxygen atoms in total. The summed E-state index contributed by atoms with van der Waals surface area (Å²) in [7, 11) is -3.67. The van der Waals surface area contributed by atoms with E-state index in [2.05, 4.69) is 36.0 Å². The molecule has 0 spiro atoms. The fraction of sp³-hybridized carbons (Fsp3) is 0.429. The van der Waals surface area contributed by atoms with Crippen LogP contribution < -0.4 is 0 Å². The predicted molar refractivity (Wildman–Crippen MR) is 43.8 cm³/mol. The Morgan fingerprint density at radius 3 is 1.92 bits per heavy atom. The zero-order valence-electron chi connectivity index (χ0n) is 6.88. The number of hydrogen-bond acceptors (Lipinski definition) is 0. The van der Waals surface area contributed by atoms with E-state index in [0.717, 1.165) is 6.54 Å². The Balaban J connectivity index is 0.000000261. The summed E-state index contributed by atoms with van der Waals surface area (Å²) in [5.41, 5.74) is 0. The first-order chi connectivity index (χ1) is 5.66. The van der Waals surface area contributed by atoms with Crippen LogP contribution in [0.1, 0.15) is 13.3 Å². The number of nitrogens with zero attached hydrogens (tertiary/aromatic N) is 1. The Hall–Kier alpha value is -0.865. The summed E-state index contributed by atoms with van der Waals surface area (Å²) in [6, 6.07) is 4.10. The van der Waals surface area contributed by atoms with E-state index in [1.54, 1.807) is 0 Å². The second-order valence-electron chi connectivity index (χ2n) is 2.17. The molecule has 1 rings (SSSR count). The third-order valence-electron chi connectivity index (χ3n) is 1.15. The summed E-state index contributed by atoms with van der Waals surface area (Å²) >= 11 is 0. The molecule has 1 aromatic rings. The zero-order valence-corrected chi connectivity index (χ0v) is 6.88. The molecule has 1 aromatic heterocycles. The summed E-state index contributed by atoms with van der Waals surface area (Å²) in [6.07, 6.45) is 5.39. The number of aryl methyl sites for hydroxylation is 1. The van der Waals surface area contributed by atoms with E-state index in [9.17, 15) is 12.9 Å². The molecule has 0 fully saturated rings. The second-order valence-corrected chi connectivity index (χ2v) is 2.17. The lowest BCUT2D eigenvalue weighted by Gasteiger charge is -1.94. The van der Waals surface area contributed by atoms with Crippen LogP contribution >= 0.6 is 0 Å². The molecule has 0 atom stereocenters. The molecule has 68 valence electrons. The first kappa shape index (κ1) is 11.1. The smallest absolute Gasteiger partial charge is 0.354 e. The third-order valence-corrected chi connectivity index (χ3v) is 1.15. The molecule has 0 aliphatic heterocycles. The van der Waals surface area contributed by atoms with Crippen molar-refractivity contribution in [1.82, 2.24) is 4.57 Å². The average Bonchev–Trinajstić information content (AvgIpc) is 2.39. The second kappa shape index (κ2) is 6.82. The molecule has 0 N–H and O–H groups in total. The van der Waals surface area contributed by atoms with E-state index >= 15 is 0 Å². The van der Waals surface area contributed by atoms with Gasteiger partial charge in [0.1, 0.15) is 0 Å². The number of aromatic nitrogens is 1. The Morgan fingerprint density at radius 1 is 1.17 bits per heavy atom. The van der Waals surface area contributed by atoms with Crippen LogP contribution in [-0.4, -0.2) is 12.1 Å². The molecular formula is C7H11BF3N. The van der Waals surface area contributed by atoms with Gasteiger partial charge >= 0.3 is 7.54 Å². The zero-order chi connectivity index (χ0) is 9.40. The monoisotopic (exact) mass is 177 g/mol. The maximum Gasteiger partial charge on any atom is 0.762 e. The van der Waals surface area contributed by atoms with E-state index < -0.39 is 7.54 Å². The van der Waals surface area contributed by atoms with Crippen molar-refractivity contribution in [3.05, 3.63) is 24.5 Å². The molecule has 0 amide bonds. The summed E-state index contributed by atoms with van der Waals surface area (Å²) < 4.78 is 31.2. The number of rotatable bonds is 2. The van der Waals surface area contributed by atoms with E-state index in [1.165, 1.54) is 6.42 Å². The van der Waals surface area contributed by atoms with Gasteiger partial charge in [0, 0.05) is 18.9 Å². The first-order valence-electron chi connectivity index (χ1n) is 3.69. The standard InChI is InChI=1S/C7H11N.BF3/c1-2-5-8-6-3-4-7-8;2-1(3)4/h3-4,6-7H,2,5H2,1H3;. The van der Waals surface area contributed by atoms with Crippen LogP contribution in [0.15, 0.2) is 24.5 Å². The predicted octanol–water partition coefficient (Wildman–Crippen LogP) is 2.78. The summed E-state index contributed by atoms with van der Waals surface area (Å²) in [4.78, 5) is 0. The highest BCUT2D eigenvalue weighted by Gasteiger charge is 2.06. The maximum atomic E-state index is 9.67. The lowest BCUT2D eigenvalue weighted by atomic mass is 10.5. The van der Waals surface area contributed by atoms with Gasteiger partial charge in [-0.05, 0) is 18.6 Å². The van der Waals surface area contributed by atoms with Gasteiger partial charge in [-0.1, -0.05) is 6.92 Å². The van der Waals surface area contributed by atoms with Gasteiger partial charge in [0.05, 0.1) is 0 Å². The topological polar surface area (TPSA) is 4.93 Å². The molecule has 0 saturated carbocycles. The fourth-order valence-electron chi connectivity index (χ4n) is 0.777. The van der Waals surface area contributed by atoms with Gasteiger partial charge in [0.25, 0.3) is 0 Å². The molecular weight excluding hydrogens is 166 g/mol. The van der Waals surface area contributed by atoms with Crippen molar-refractivity contribution >= 4 is 7.54 Å². The minimum absolute atomic E-state index is 1.15. The van der Waals surface area contributed by atoms with E-state index in [4.69, 9.17) is 0 Å². The Kier molecular flexibility index (Phi) is 6.33. The van der Waals surface area contributed by atoms with Crippen LogP contribution in [0.2, 0.25) is 0 Å². The molecule has 0 bridgehead atoms. The van der Waals surface area contributed by atoms with Crippen molar-refractivity contribution in [3.63, 3.8) is 0 Å². The van der Waals surface area contributed by atoms with Gasteiger partial charge in [-0.25, -0.2) is 0 Å². The van der Waals surface area contributed by atoms with Gasteiger partial charge in [-0.2, -0.15) is 0 Å². The first-order valence-corrected chi connectivity index (χ1v) is 3.69. The van der Waals surface area contributed by atoms with Crippen LogP contribution in [0.5, 0.6) is 0 Å². The maximum absolute atomic E-state index is 9.67. The Bertz CT molecular complexity index is 174. The van der Waals surface area contributed by atoms with Gasteiger partial charge < -0.3 is 4.57 Å². The molecule has 5 heteroatoms. The van der Waals surface area contributed by atoms with Crippen LogP contribution in [0.3, 0.4) is 0 Å². The van der Waals surface area contributed by atoms with Crippen LogP contribution in [0, 0.1) is 0 Å². The largest absolute Gasteiger partial charge is 0.762 e. The van der Waals surface area contributed by atoms with Crippen LogP contribution in [-0.2, 0) is 6.54 Å². The van der Waals surface area contributed by atoms with Gasteiger partial charge in [-0.3, -0.25) is 12.9 Å². The van der Waals surface area contributed by atoms with Gasteiger partial charge in [-0.15, -0.1) is 0 Å². The molecule has 0 unspecified atom stereocenters. The highest BCUT2D eigenvalue weighted by Crippen LogP contribution is 1.90. The molecule has 1 heterocycles. The van der Waals surface area contributed by atoms with Crippen LogP contribution in [0.25, 0.3) is 0 Å². The normalized spacial score (nSPS) is 8.67.